The average molecular weight is 275 g/mol. The molecule has 2 nitrogen and oxygen atoms in total. The molecule has 0 radical (unpaired) electrons. The first kappa shape index (κ1) is 14.1. The van der Waals surface area contributed by atoms with E-state index < -0.39 is 0 Å². The molecule has 0 bridgehead atoms. The van der Waals surface area contributed by atoms with Gasteiger partial charge in [0.2, 0.25) is 0 Å². The molecule has 19 heavy (non-hydrogen) atoms. The van der Waals surface area contributed by atoms with Crippen LogP contribution in [0.2, 0.25) is 0 Å². The van der Waals surface area contributed by atoms with Crippen LogP contribution >= 0.6 is 11.3 Å². The molecule has 0 aliphatic heterocycles. The maximum atomic E-state index is 5.71. The third-order valence-electron chi connectivity index (χ3n) is 2.85. The Morgan fingerprint density at radius 3 is 2.68 bits per heavy atom. The largest absolute Gasteiger partial charge is 0.491 e. The predicted molar refractivity (Wildman–Crippen MR) is 81.8 cm³/mol. The van der Waals surface area contributed by atoms with Crippen LogP contribution in [0.5, 0.6) is 5.75 Å². The quantitative estimate of drug-likeness (QED) is 0.844. The predicted octanol–water partition coefficient (Wildman–Crippen LogP) is 4.39. The van der Waals surface area contributed by atoms with Crippen LogP contribution in [-0.4, -0.2) is 6.10 Å². The summed E-state index contributed by atoms with van der Waals surface area (Å²) in [6.45, 7) is 7.14. The maximum Gasteiger partial charge on any atom is 0.120 e. The summed E-state index contributed by atoms with van der Waals surface area (Å²) in [5.41, 5.74) is 1.25. The second-order valence-electron chi connectivity index (χ2n) is 4.93. The fourth-order valence-electron chi connectivity index (χ4n) is 1.91. The van der Waals surface area contributed by atoms with E-state index in [1.807, 2.05) is 26.0 Å². The van der Waals surface area contributed by atoms with E-state index in [4.69, 9.17) is 4.74 Å². The average Bonchev–Trinajstić information content (AvgIpc) is 2.89. The van der Waals surface area contributed by atoms with Gasteiger partial charge in [0, 0.05) is 17.5 Å². The minimum Gasteiger partial charge on any atom is -0.491 e. The standard InChI is InChI=1S/C16H21NOS/c1-12(2)18-15-7-4-6-14(10-15)11-17-13(3)16-8-5-9-19-16/h4-10,12-13,17H,11H2,1-3H3/t13-/m0/s1. The van der Waals surface area contributed by atoms with Gasteiger partial charge in [-0.05, 0) is 49.9 Å². The van der Waals surface area contributed by atoms with Crippen molar-refractivity contribution in [3.05, 3.63) is 52.2 Å². The number of hydrogen-bond donors (Lipinski definition) is 1. The summed E-state index contributed by atoms with van der Waals surface area (Å²) in [6, 6.07) is 12.9. The minimum absolute atomic E-state index is 0.216. The maximum absolute atomic E-state index is 5.71. The smallest absolute Gasteiger partial charge is 0.120 e. The molecule has 2 rings (SSSR count). The highest BCUT2D eigenvalue weighted by Crippen LogP contribution is 2.19. The Balaban J connectivity index is 1.92. The van der Waals surface area contributed by atoms with Crippen LogP contribution in [0.3, 0.4) is 0 Å². The Bertz CT molecular complexity index is 493. The summed E-state index contributed by atoms with van der Waals surface area (Å²) in [5, 5.41) is 5.65. The van der Waals surface area contributed by atoms with E-state index in [1.54, 1.807) is 11.3 Å². The van der Waals surface area contributed by atoms with Crippen molar-refractivity contribution in [3.8, 4) is 5.75 Å². The molecule has 3 heteroatoms. The topological polar surface area (TPSA) is 21.3 Å². The molecular formula is C16H21NOS. The zero-order valence-electron chi connectivity index (χ0n) is 11.7. The van der Waals surface area contributed by atoms with E-state index in [0.717, 1.165) is 12.3 Å². The zero-order chi connectivity index (χ0) is 13.7. The molecule has 0 saturated heterocycles. The normalized spacial score (nSPS) is 12.6. The molecule has 1 aromatic carbocycles. The van der Waals surface area contributed by atoms with Crippen LogP contribution in [0.4, 0.5) is 0 Å². The number of thiophene rings is 1. The van der Waals surface area contributed by atoms with E-state index in [-0.39, 0.29) is 6.10 Å². The van der Waals surface area contributed by atoms with Gasteiger partial charge in [-0.2, -0.15) is 0 Å². The molecule has 0 spiro atoms. The van der Waals surface area contributed by atoms with Gasteiger partial charge in [-0.25, -0.2) is 0 Å². The Kier molecular flexibility index (Phi) is 5.00. The summed E-state index contributed by atoms with van der Waals surface area (Å²) in [4.78, 5) is 1.37. The first-order valence-corrected chi connectivity index (χ1v) is 7.55. The van der Waals surface area contributed by atoms with Crippen LogP contribution in [0.15, 0.2) is 41.8 Å². The minimum atomic E-state index is 0.216. The van der Waals surface area contributed by atoms with E-state index in [9.17, 15) is 0 Å². The number of benzene rings is 1. The fourth-order valence-corrected chi connectivity index (χ4v) is 2.67. The van der Waals surface area contributed by atoms with Crippen molar-refractivity contribution in [2.45, 2.75) is 39.5 Å². The monoisotopic (exact) mass is 275 g/mol. The third kappa shape index (κ3) is 4.37. The Morgan fingerprint density at radius 2 is 2.00 bits per heavy atom. The van der Waals surface area contributed by atoms with Gasteiger partial charge in [-0.15, -0.1) is 11.3 Å². The lowest BCUT2D eigenvalue weighted by Gasteiger charge is -2.14. The third-order valence-corrected chi connectivity index (χ3v) is 3.91. The molecule has 0 unspecified atom stereocenters. The van der Waals surface area contributed by atoms with Crippen LogP contribution in [0.1, 0.15) is 37.3 Å². The highest BCUT2D eigenvalue weighted by Gasteiger charge is 2.06. The van der Waals surface area contributed by atoms with Crippen LogP contribution in [0.25, 0.3) is 0 Å². The SMILES string of the molecule is CC(C)Oc1cccc(CN[C@@H](C)c2cccs2)c1. The summed E-state index contributed by atoms with van der Waals surface area (Å²) in [7, 11) is 0. The molecule has 1 heterocycles. The van der Waals surface area contributed by atoms with Crippen molar-refractivity contribution in [3.63, 3.8) is 0 Å². The van der Waals surface area contributed by atoms with Gasteiger partial charge < -0.3 is 10.1 Å². The lowest BCUT2D eigenvalue weighted by molar-refractivity contribution is 0.242. The van der Waals surface area contributed by atoms with Gasteiger partial charge >= 0.3 is 0 Å². The van der Waals surface area contributed by atoms with Gasteiger partial charge in [0.05, 0.1) is 6.10 Å². The molecule has 0 fully saturated rings. The van der Waals surface area contributed by atoms with Crippen molar-refractivity contribution in [1.82, 2.24) is 5.32 Å². The summed E-state index contributed by atoms with van der Waals surface area (Å²) in [6.07, 6.45) is 0.216. The Labute approximate surface area is 119 Å². The fraction of sp³-hybridized carbons (Fsp3) is 0.375. The molecule has 0 aliphatic carbocycles. The first-order valence-electron chi connectivity index (χ1n) is 6.67. The summed E-state index contributed by atoms with van der Waals surface area (Å²) in [5.74, 6) is 0.943. The van der Waals surface area contributed by atoms with Crippen molar-refractivity contribution in [2.75, 3.05) is 0 Å². The van der Waals surface area contributed by atoms with E-state index in [2.05, 4.69) is 41.9 Å². The molecule has 0 aliphatic rings. The van der Waals surface area contributed by atoms with Crippen LogP contribution in [0, 0.1) is 0 Å². The number of nitrogens with one attached hydrogen (secondary N) is 1. The lowest BCUT2D eigenvalue weighted by Crippen LogP contribution is -2.17. The van der Waals surface area contributed by atoms with E-state index in [1.165, 1.54) is 10.4 Å². The highest BCUT2D eigenvalue weighted by atomic mass is 32.1. The first-order chi connectivity index (χ1) is 9.15. The highest BCUT2D eigenvalue weighted by molar-refractivity contribution is 7.10. The van der Waals surface area contributed by atoms with Gasteiger partial charge in [0.25, 0.3) is 0 Å². The number of hydrogen-bond acceptors (Lipinski definition) is 3. The van der Waals surface area contributed by atoms with Crippen LogP contribution < -0.4 is 10.1 Å². The van der Waals surface area contributed by atoms with Gasteiger partial charge in [-0.3, -0.25) is 0 Å². The molecule has 102 valence electrons. The Hall–Kier alpha value is -1.32. The van der Waals surface area contributed by atoms with E-state index >= 15 is 0 Å². The molecule has 1 aromatic heterocycles. The number of rotatable bonds is 6. The van der Waals surface area contributed by atoms with Gasteiger partial charge in [0.15, 0.2) is 0 Å². The summed E-state index contributed by atoms with van der Waals surface area (Å²) < 4.78 is 5.71. The lowest BCUT2D eigenvalue weighted by atomic mass is 10.2. The van der Waals surface area contributed by atoms with Gasteiger partial charge in [0.1, 0.15) is 5.75 Å². The van der Waals surface area contributed by atoms with Crippen molar-refractivity contribution >= 4 is 11.3 Å². The summed E-state index contributed by atoms with van der Waals surface area (Å²) >= 11 is 1.79. The number of ether oxygens (including phenoxy) is 1. The molecule has 0 saturated carbocycles. The molecule has 0 amide bonds. The molecular weight excluding hydrogens is 254 g/mol. The van der Waals surface area contributed by atoms with Crippen molar-refractivity contribution < 1.29 is 4.74 Å². The molecule has 1 atom stereocenters. The van der Waals surface area contributed by atoms with Crippen LogP contribution in [-0.2, 0) is 6.54 Å². The van der Waals surface area contributed by atoms with Gasteiger partial charge in [-0.1, -0.05) is 18.2 Å². The Morgan fingerprint density at radius 1 is 1.16 bits per heavy atom. The van der Waals surface area contributed by atoms with Crippen molar-refractivity contribution in [1.29, 1.82) is 0 Å². The second-order valence-corrected chi connectivity index (χ2v) is 5.91. The molecule has 2 aromatic rings. The zero-order valence-corrected chi connectivity index (χ0v) is 12.5. The van der Waals surface area contributed by atoms with Crippen molar-refractivity contribution in [2.24, 2.45) is 0 Å². The van der Waals surface area contributed by atoms with E-state index in [0.29, 0.717) is 6.04 Å². The second kappa shape index (κ2) is 6.73. The molecule has 1 N–H and O–H groups in total.